The number of anilines is 2. The maximum Gasteiger partial charge on any atom is 0.262 e. The van der Waals surface area contributed by atoms with Crippen LogP contribution in [0.3, 0.4) is 0 Å². The van der Waals surface area contributed by atoms with Gasteiger partial charge in [-0.25, -0.2) is 9.83 Å². The average Bonchev–Trinajstić information content (AvgIpc) is 3.69. The van der Waals surface area contributed by atoms with Gasteiger partial charge in [0.25, 0.3) is 17.7 Å². The second-order valence-corrected chi connectivity index (χ2v) is 15.9. The number of halogens is 1. The van der Waals surface area contributed by atoms with Crippen LogP contribution in [-0.2, 0) is 22.7 Å². The number of fused-ring (bicyclic) bond motifs is 2. The highest BCUT2D eigenvalue weighted by atomic mass is 35.5. The number of nitrogens with one attached hydrogen (secondary N) is 2. The lowest BCUT2D eigenvalue weighted by molar-refractivity contribution is -0.136. The highest BCUT2D eigenvalue weighted by Gasteiger charge is 2.45. The normalized spacial score (nSPS) is 23.0. The molecule has 5 amide bonds. The van der Waals surface area contributed by atoms with E-state index in [4.69, 9.17) is 18.2 Å². The van der Waals surface area contributed by atoms with Crippen LogP contribution in [-0.4, -0.2) is 89.1 Å². The predicted molar refractivity (Wildman–Crippen MR) is 206 cm³/mol. The van der Waals surface area contributed by atoms with Crippen LogP contribution < -0.4 is 20.4 Å². The molecule has 2 N–H and O–H groups in total. The minimum atomic E-state index is -0.964. The van der Waals surface area contributed by atoms with Crippen molar-refractivity contribution in [3.63, 3.8) is 0 Å². The van der Waals surface area contributed by atoms with Gasteiger partial charge in [-0.2, -0.15) is 0 Å². The summed E-state index contributed by atoms with van der Waals surface area (Å²) in [6.45, 7) is 11.3. The van der Waals surface area contributed by atoms with Crippen molar-refractivity contribution in [2.24, 2.45) is 5.92 Å². The van der Waals surface area contributed by atoms with Crippen molar-refractivity contribution in [1.82, 2.24) is 25.4 Å². The molecule has 4 aliphatic heterocycles. The summed E-state index contributed by atoms with van der Waals surface area (Å²) < 4.78 is 0. The molecule has 2 saturated heterocycles. The molecule has 1 atom stereocenters. The topological polar surface area (TPSA) is 140 Å². The molecule has 5 aliphatic rings. The fourth-order valence-electron chi connectivity index (χ4n) is 8.88. The molecule has 0 radical (unpaired) electrons. The maximum atomic E-state index is 13.3. The molecular formula is C41H43ClN8O5. The summed E-state index contributed by atoms with van der Waals surface area (Å²) in [7, 11) is 2.05. The number of rotatable bonds is 8. The van der Waals surface area contributed by atoms with E-state index in [9.17, 15) is 24.0 Å². The zero-order valence-electron chi connectivity index (χ0n) is 30.7. The molecule has 13 nitrogen and oxygen atoms in total. The smallest absolute Gasteiger partial charge is 0.262 e. The Hall–Kier alpha value is -5.32. The van der Waals surface area contributed by atoms with Gasteiger partial charge in [-0.15, -0.1) is 0 Å². The van der Waals surface area contributed by atoms with Gasteiger partial charge in [0.1, 0.15) is 11.9 Å². The van der Waals surface area contributed by atoms with Gasteiger partial charge < -0.3 is 15.1 Å². The molecule has 3 fully saturated rings. The third-order valence-electron chi connectivity index (χ3n) is 12.1. The average molecular weight is 763 g/mol. The number of hydrogen-bond acceptors (Lipinski definition) is 9. The number of aromatic nitrogens is 1. The number of piperidine rings is 2. The quantitative estimate of drug-likeness (QED) is 0.237. The first-order valence-corrected chi connectivity index (χ1v) is 19.5. The summed E-state index contributed by atoms with van der Waals surface area (Å²) in [5, 5.41) is 5.92. The monoisotopic (exact) mass is 762 g/mol. The molecule has 8 rings (SSSR count). The third kappa shape index (κ3) is 7.28. The highest BCUT2D eigenvalue weighted by molar-refractivity contribution is 6.33. The molecule has 0 bridgehead atoms. The van der Waals surface area contributed by atoms with Gasteiger partial charge in [0.2, 0.25) is 17.5 Å². The van der Waals surface area contributed by atoms with E-state index in [1.54, 1.807) is 12.3 Å². The lowest BCUT2D eigenvalue weighted by atomic mass is 9.90. The van der Waals surface area contributed by atoms with Crippen molar-refractivity contribution in [2.45, 2.75) is 82.6 Å². The third-order valence-corrected chi connectivity index (χ3v) is 12.4. The van der Waals surface area contributed by atoms with Crippen molar-refractivity contribution in [3.8, 4) is 0 Å². The first-order valence-electron chi connectivity index (χ1n) is 19.1. The van der Waals surface area contributed by atoms with E-state index < -0.39 is 23.8 Å². The van der Waals surface area contributed by atoms with Gasteiger partial charge >= 0.3 is 0 Å². The zero-order chi connectivity index (χ0) is 38.4. The molecule has 14 heteroatoms. The van der Waals surface area contributed by atoms with Crippen LogP contribution >= 0.6 is 11.6 Å². The van der Waals surface area contributed by atoms with Gasteiger partial charge in [-0.1, -0.05) is 17.7 Å². The Morgan fingerprint density at radius 1 is 0.945 bits per heavy atom. The Balaban J connectivity index is 0.784. The molecule has 1 aromatic heterocycles. The van der Waals surface area contributed by atoms with Gasteiger partial charge in [0.05, 0.1) is 23.3 Å². The van der Waals surface area contributed by atoms with Crippen LogP contribution in [0.5, 0.6) is 0 Å². The summed E-state index contributed by atoms with van der Waals surface area (Å²) in [6, 6.07) is 12.4. The first-order chi connectivity index (χ1) is 26.6. The highest BCUT2D eigenvalue weighted by Crippen LogP contribution is 2.35. The number of amides is 5. The Morgan fingerprint density at radius 3 is 2.24 bits per heavy atom. The lowest BCUT2D eigenvalue weighted by Gasteiger charge is -2.36. The molecule has 2 aromatic carbocycles. The molecule has 1 saturated carbocycles. The van der Waals surface area contributed by atoms with E-state index in [2.05, 4.69) is 42.2 Å². The van der Waals surface area contributed by atoms with Crippen LogP contribution in [0.15, 0.2) is 48.7 Å². The van der Waals surface area contributed by atoms with E-state index in [1.165, 1.54) is 0 Å². The van der Waals surface area contributed by atoms with Gasteiger partial charge in [-0.3, -0.25) is 39.1 Å². The Morgan fingerprint density at radius 2 is 1.64 bits per heavy atom. The minimum Gasteiger partial charge on any atom is -0.372 e. The molecular weight excluding hydrogens is 720 g/mol. The number of hydrogen-bond donors (Lipinski definition) is 2. The Labute approximate surface area is 324 Å². The zero-order valence-corrected chi connectivity index (χ0v) is 31.5. The van der Waals surface area contributed by atoms with Crippen molar-refractivity contribution in [2.75, 3.05) is 36.5 Å². The molecule has 0 spiro atoms. The van der Waals surface area contributed by atoms with E-state index in [1.807, 2.05) is 36.4 Å². The van der Waals surface area contributed by atoms with E-state index in [-0.39, 0.29) is 30.7 Å². The number of imide groups is 2. The summed E-state index contributed by atoms with van der Waals surface area (Å²) in [5.41, 5.74) is 4.72. The van der Waals surface area contributed by atoms with E-state index in [0.29, 0.717) is 52.4 Å². The van der Waals surface area contributed by atoms with E-state index >= 15 is 0 Å². The van der Waals surface area contributed by atoms with Crippen LogP contribution in [0.4, 0.5) is 17.2 Å². The first kappa shape index (κ1) is 36.6. The SMILES string of the molecule is [C-]#[N+]c1ccc(N(C)C2CCC(NC(=O)c3ccc(N4CCC(CN5Cc6cc7c(cc6C5)C(=O)N(C5CCC(=O)NC5=O)C7=O)CC4)nc3)CC2)cc1Cl. The molecule has 3 aromatic rings. The van der Waals surface area contributed by atoms with Crippen molar-refractivity contribution < 1.29 is 24.0 Å². The van der Waals surface area contributed by atoms with Gasteiger partial charge in [0, 0.05) is 75.2 Å². The van der Waals surface area contributed by atoms with Gasteiger partial charge in [-0.05, 0) is 98.4 Å². The molecule has 55 heavy (non-hydrogen) atoms. The summed E-state index contributed by atoms with van der Waals surface area (Å²) >= 11 is 6.27. The molecule has 5 heterocycles. The summed E-state index contributed by atoms with van der Waals surface area (Å²) in [4.78, 5) is 79.7. The van der Waals surface area contributed by atoms with Crippen LogP contribution in [0.1, 0.15) is 93.6 Å². The lowest BCUT2D eigenvalue weighted by Crippen LogP contribution is -2.54. The van der Waals surface area contributed by atoms with Crippen LogP contribution in [0, 0.1) is 12.5 Å². The summed E-state index contributed by atoms with van der Waals surface area (Å²) in [6.07, 6.45) is 7.56. The van der Waals surface area contributed by atoms with Crippen molar-refractivity contribution in [3.05, 3.63) is 92.9 Å². The van der Waals surface area contributed by atoms with Crippen molar-refractivity contribution >= 4 is 58.3 Å². The second-order valence-electron chi connectivity index (χ2n) is 15.5. The minimum absolute atomic E-state index is 0.0957. The van der Waals surface area contributed by atoms with Gasteiger partial charge in [0.15, 0.2) is 0 Å². The number of carbonyl (C=O) groups is 5. The molecule has 1 unspecified atom stereocenters. The predicted octanol–water partition coefficient (Wildman–Crippen LogP) is 5.10. The molecule has 1 aliphatic carbocycles. The molecule has 284 valence electrons. The largest absolute Gasteiger partial charge is 0.372 e. The van der Waals surface area contributed by atoms with Crippen LogP contribution in [0.2, 0.25) is 5.02 Å². The number of nitrogens with zero attached hydrogens (tertiary/aromatic N) is 6. The Bertz CT molecular complexity index is 2060. The van der Waals surface area contributed by atoms with E-state index in [0.717, 1.165) is 85.7 Å². The van der Waals surface area contributed by atoms with Crippen molar-refractivity contribution in [1.29, 1.82) is 0 Å². The fraction of sp³-hybridized carbons (Fsp3) is 0.439. The number of benzene rings is 2. The second kappa shape index (κ2) is 15.1. The standard InChI is InChI=1S/C41H43ClN8O5/c1-43-34-9-8-30(19-33(34)42)47(2)29-6-4-28(5-7-29)45-38(52)25-3-11-36(44-20-25)49-15-13-24(14-16-49)21-48-22-26-17-31-32(18-27(26)23-48)41(55)50(40(31)54)35-10-12-37(51)46-39(35)53/h3,8-9,11,17-20,24,28-29,35H,4-7,10,12-16,21-23H2,2H3,(H,45,52)(H,46,51,53). The number of carbonyl (C=O) groups excluding carboxylic acids is 5. The summed E-state index contributed by atoms with van der Waals surface area (Å²) in [5.74, 6) is -0.677. The maximum absolute atomic E-state index is 13.3. The fourth-order valence-corrected chi connectivity index (χ4v) is 9.09. The number of pyridine rings is 1. The van der Waals surface area contributed by atoms with Crippen LogP contribution in [0.25, 0.3) is 4.85 Å². The Kier molecular flexibility index (Phi) is 10.0.